The molecule has 4 heteroatoms. The third-order valence-corrected chi connectivity index (χ3v) is 2.66. The Morgan fingerprint density at radius 2 is 2.22 bits per heavy atom. The van der Waals surface area contributed by atoms with Gasteiger partial charge in [-0.3, -0.25) is 4.79 Å². The van der Waals surface area contributed by atoms with E-state index in [1.165, 1.54) is 0 Å². The van der Waals surface area contributed by atoms with Crippen LogP contribution in [-0.2, 0) is 11.2 Å². The quantitative estimate of drug-likeness (QED) is 0.814. The highest BCUT2D eigenvalue weighted by atomic mass is 16.3. The molecular formula is C14H15NO3. The van der Waals surface area contributed by atoms with E-state index in [9.17, 15) is 9.90 Å². The van der Waals surface area contributed by atoms with Gasteiger partial charge in [-0.2, -0.15) is 0 Å². The van der Waals surface area contributed by atoms with Crippen LogP contribution in [0.1, 0.15) is 17.7 Å². The van der Waals surface area contributed by atoms with Gasteiger partial charge < -0.3 is 14.8 Å². The predicted molar refractivity (Wildman–Crippen MR) is 68.5 cm³/mol. The van der Waals surface area contributed by atoms with Crippen LogP contribution in [0.2, 0.25) is 0 Å². The van der Waals surface area contributed by atoms with E-state index >= 15 is 0 Å². The Bertz CT molecular complexity index is 532. The van der Waals surface area contributed by atoms with Crippen molar-refractivity contribution in [2.45, 2.75) is 19.8 Å². The number of hydrogen-bond acceptors (Lipinski definition) is 3. The monoisotopic (exact) mass is 245 g/mol. The molecule has 0 bridgehead atoms. The number of rotatable bonds is 4. The molecule has 18 heavy (non-hydrogen) atoms. The van der Waals surface area contributed by atoms with Crippen LogP contribution in [0.5, 0.6) is 5.75 Å². The van der Waals surface area contributed by atoms with E-state index in [1.54, 1.807) is 37.5 Å². The van der Waals surface area contributed by atoms with Gasteiger partial charge in [-0.15, -0.1) is 0 Å². The van der Waals surface area contributed by atoms with Crippen molar-refractivity contribution < 1.29 is 14.3 Å². The number of carbonyl (C=O) groups is 1. The van der Waals surface area contributed by atoms with Gasteiger partial charge in [-0.05, 0) is 42.8 Å². The molecule has 2 rings (SSSR count). The number of anilines is 1. The van der Waals surface area contributed by atoms with Crippen LogP contribution in [-0.4, -0.2) is 11.0 Å². The molecular weight excluding hydrogens is 230 g/mol. The van der Waals surface area contributed by atoms with Gasteiger partial charge in [-0.1, -0.05) is 0 Å². The van der Waals surface area contributed by atoms with E-state index < -0.39 is 0 Å². The van der Waals surface area contributed by atoms with Crippen molar-refractivity contribution in [3.8, 4) is 5.75 Å². The summed E-state index contributed by atoms with van der Waals surface area (Å²) in [5.41, 5.74) is 1.42. The van der Waals surface area contributed by atoms with Gasteiger partial charge in [-0.25, -0.2) is 0 Å². The summed E-state index contributed by atoms with van der Waals surface area (Å²) < 4.78 is 5.16. The van der Waals surface area contributed by atoms with Crippen LogP contribution in [0.3, 0.4) is 0 Å². The van der Waals surface area contributed by atoms with Gasteiger partial charge in [0.25, 0.3) is 0 Å². The number of amides is 1. The lowest BCUT2D eigenvalue weighted by Gasteiger charge is -2.06. The number of nitrogens with one attached hydrogen (secondary N) is 1. The molecule has 0 aliphatic heterocycles. The molecule has 0 saturated heterocycles. The Morgan fingerprint density at radius 1 is 1.39 bits per heavy atom. The first-order chi connectivity index (χ1) is 8.65. The van der Waals surface area contributed by atoms with Crippen molar-refractivity contribution in [1.82, 2.24) is 0 Å². The summed E-state index contributed by atoms with van der Waals surface area (Å²) in [5, 5.41) is 12.2. The highest BCUT2D eigenvalue weighted by Gasteiger charge is 2.05. The molecule has 1 aromatic carbocycles. The Labute approximate surface area is 105 Å². The first-order valence-corrected chi connectivity index (χ1v) is 5.77. The van der Waals surface area contributed by atoms with Crippen LogP contribution in [0.25, 0.3) is 0 Å². The molecule has 0 aliphatic rings. The second-order valence-electron chi connectivity index (χ2n) is 4.13. The minimum atomic E-state index is -0.0727. The normalized spacial score (nSPS) is 10.3. The third kappa shape index (κ3) is 3.13. The molecule has 4 nitrogen and oxygen atoms in total. The summed E-state index contributed by atoms with van der Waals surface area (Å²) in [6, 6.07) is 8.62. The fourth-order valence-corrected chi connectivity index (χ4v) is 1.65. The molecule has 94 valence electrons. The van der Waals surface area contributed by atoms with Crippen LogP contribution in [0.4, 0.5) is 5.69 Å². The molecule has 0 fully saturated rings. The van der Waals surface area contributed by atoms with Gasteiger partial charge >= 0.3 is 0 Å². The summed E-state index contributed by atoms with van der Waals surface area (Å²) in [5.74, 6) is 0.951. The van der Waals surface area contributed by atoms with Crippen LogP contribution in [0, 0.1) is 6.92 Å². The van der Waals surface area contributed by atoms with Crippen molar-refractivity contribution in [3.63, 3.8) is 0 Å². The lowest BCUT2D eigenvalue weighted by molar-refractivity contribution is -0.116. The molecule has 0 saturated carbocycles. The molecule has 0 unspecified atom stereocenters. The minimum Gasteiger partial charge on any atom is -0.508 e. The molecule has 0 atom stereocenters. The van der Waals surface area contributed by atoms with Crippen LogP contribution < -0.4 is 5.32 Å². The third-order valence-electron chi connectivity index (χ3n) is 2.66. The van der Waals surface area contributed by atoms with E-state index in [-0.39, 0.29) is 11.7 Å². The lowest BCUT2D eigenvalue weighted by Crippen LogP contribution is -2.12. The molecule has 1 amide bonds. The van der Waals surface area contributed by atoms with E-state index in [2.05, 4.69) is 5.32 Å². The zero-order chi connectivity index (χ0) is 13.0. The fraction of sp³-hybridized carbons (Fsp3) is 0.214. The van der Waals surface area contributed by atoms with Crippen molar-refractivity contribution in [2.75, 3.05) is 5.32 Å². The lowest BCUT2D eigenvalue weighted by atomic mass is 10.2. The number of benzene rings is 1. The molecule has 0 aliphatic carbocycles. The van der Waals surface area contributed by atoms with Crippen molar-refractivity contribution in [3.05, 3.63) is 47.9 Å². The van der Waals surface area contributed by atoms with Crippen molar-refractivity contribution >= 4 is 11.6 Å². The maximum atomic E-state index is 11.7. The van der Waals surface area contributed by atoms with Gasteiger partial charge in [0.1, 0.15) is 11.5 Å². The summed E-state index contributed by atoms with van der Waals surface area (Å²) in [7, 11) is 0. The predicted octanol–water partition coefficient (Wildman–Crippen LogP) is 2.86. The van der Waals surface area contributed by atoms with E-state index in [1.807, 2.05) is 6.07 Å². The molecule has 0 radical (unpaired) electrons. The minimum absolute atomic E-state index is 0.0727. The van der Waals surface area contributed by atoms with Gasteiger partial charge in [0.15, 0.2) is 0 Å². The molecule has 1 aromatic heterocycles. The number of hydrogen-bond donors (Lipinski definition) is 2. The van der Waals surface area contributed by atoms with Gasteiger partial charge in [0.2, 0.25) is 5.91 Å². The van der Waals surface area contributed by atoms with Crippen LogP contribution >= 0.6 is 0 Å². The summed E-state index contributed by atoms with van der Waals surface area (Å²) in [6.45, 7) is 1.79. The second-order valence-corrected chi connectivity index (χ2v) is 4.13. The zero-order valence-electron chi connectivity index (χ0n) is 10.1. The fourth-order valence-electron chi connectivity index (χ4n) is 1.65. The number of phenols is 1. The largest absolute Gasteiger partial charge is 0.508 e. The first-order valence-electron chi connectivity index (χ1n) is 5.77. The molecule has 2 aromatic rings. The standard InChI is InChI=1S/C14H15NO3/c1-10-9-11(4-6-13(10)16)15-14(17)7-5-12-3-2-8-18-12/h2-4,6,8-9,16H,5,7H2,1H3,(H,15,17). The number of aromatic hydroxyl groups is 1. The van der Waals surface area contributed by atoms with E-state index in [0.717, 1.165) is 11.3 Å². The van der Waals surface area contributed by atoms with Gasteiger partial charge in [0, 0.05) is 18.5 Å². The van der Waals surface area contributed by atoms with E-state index in [0.29, 0.717) is 18.5 Å². The maximum absolute atomic E-state index is 11.7. The van der Waals surface area contributed by atoms with Crippen molar-refractivity contribution in [2.24, 2.45) is 0 Å². The zero-order valence-corrected chi connectivity index (χ0v) is 10.1. The highest BCUT2D eigenvalue weighted by Crippen LogP contribution is 2.20. The smallest absolute Gasteiger partial charge is 0.224 e. The Balaban J connectivity index is 1.88. The Morgan fingerprint density at radius 3 is 2.89 bits per heavy atom. The maximum Gasteiger partial charge on any atom is 0.224 e. The number of carbonyl (C=O) groups excluding carboxylic acids is 1. The summed E-state index contributed by atoms with van der Waals surface area (Å²) >= 11 is 0. The Hall–Kier alpha value is -2.23. The SMILES string of the molecule is Cc1cc(NC(=O)CCc2ccco2)ccc1O. The topological polar surface area (TPSA) is 62.5 Å². The summed E-state index contributed by atoms with van der Waals surface area (Å²) in [4.78, 5) is 11.7. The van der Waals surface area contributed by atoms with Gasteiger partial charge in [0.05, 0.1) is 6.26 Å². The van der Waals surface area contributed by atoms with E-state index in [4.69, 9.17) is 4.42 Å². The van der Waals surface area contributed by atoms with Crippen molar-refractivity contribution in [1.29, 1.82) is 0 Å². The summed E-state index contributed by atoms with van der Waals surface area (Å²) in [6.07, 6.45) is 2.54. The number of aryl methyl sites for hydroxylation is 2. The molecule has 1 heterocycles. The molecule has 0 spiro atoms. The average molecular weight is 245 g/mol. The number of phenolic OH excluding ortho intramolecular Hbond substituents is 1. The first kappa shape index (κ1) is 12.2. The van der Waals surface area contributed by atoms with Crippen LogP contribution in [0.15, 0.2) is 41.0 Å². The molecule has 2 N–H and O–H groups in total. The highest BCUT2D eigenvalue weighted by molar-refractivity contribution is 5.90. The Kier molecular flexibility index (Phi) is 3.67. The average Bonchev–Trinajstić information content (AvgIpc) is 2.84. The number of furan rings is 1. The second kappa shape index (κ2) is 5.40.